The van der Waals surface area contributed by atoms with Gasteiger partial charge in [-0.2, -0.15) is 0 Å². The van der Waals surface area contributed by atoms with Gasteiger partial charge in [-0.25, -0.2) is 0 Å². The number of hydrogen-bond donors (Lipinski definition) is 1. The van der Waals surface area contributed by atoms with Crippen LogP contribution in [0.3, 0.4) is 0 Å². The molecule has 69 valence electrons. The molecule has 0 unspecified atom stereocenters. The normalized spacial score (nSPS) is 19.1. The number of carbonyl (C=O) groups excluding carboxylic acids is 1. The number of hydrogen-bond acceptors (Lipinski definition) is 1. The summed E-state index contributed by atoms with van der Waals surface area (Å²) in [7, 11) is 0. The maximum absolute atomic E-state index is 11.1. The van der Waals surface area contributed by atoms with Crippen molar-refractivity contribution in [3.05, 3.63) is 6.42 Å². The third kappa shape index (κ3) is 3.44. The zero-order valence-corrected chi connectivity index (χ0v) is 7.94. The summed E-state index contributed by atoms with van der Waals surface area (Å²) in [5.74, 6) is 0.287. The Hall–Kier alpha value is -0.240. The average Bonchev–Trinajstić information content (AvgIpc) is 2.06. The maximum atomic E-state index is 11.1. The Morgan fingerprint density at radius 2 is 2.08 bits per heavy atom. The Kier molecular flexibility index (Phi) is 4.44. The van der Waals surface area contributed by atoms with Gasteiger partial charge in [-0.3, -0.25) is 4.79 Å². The molecule has 0 bridgehead atoms. The summed E-state index contributed by atoms with van der Waals surface area (Å²) in [4.78, 5) is 11.1. The third-order valence-electron chi connectivity index (χ3n) is 2.21. The van der Waals surface area contributed by atoms with E-state index >= 15 is 0 Å². The quantitative estimate of drug-likeness (QED) is 0.674. The summed E-state index contributed by atoms with van der Waals surface area (Å²) in [6.07, 6.45) is 7.53. The first-order valence-electron chi connectivity index (χ1n) is 4.52. The van der Waals surface area contributed by atoms with Gasteiger partial charge in [0.15, 0.2) is 0 Å². The minimum Gasteiger partial charge on any atom is -0.353 e. The molecule has 3 heteroatoms. The fourth-order valence-corrected chi connectivity index (χ4v) is 1.72. The zero-order chi connectivity index (χ0) is 8.81. The van der Waals surface area contributed by atoms with E-state index in [-0.39, 0.29) is 5.91 Å². The molecule has 0 aliphatic heterocycles. The van der Waals surface area contributed by atoms with Crippen LogP contribution in [0, 0.1) is 6.42 Å². The summed E-state index contributed by atoms with van der Waals surface area (Å²) in [5, 5.41) is 2.94. The van der Waals surface area contributed by atoms with Crippen molar-refractivity contribution in [3.63, 3.8) is 0 Å². The monoisotopic (exact) mass is 188 g/mol. The van der Waals surface area contributed by atoms with Crippen LogP contribution in [0.25, 0.3) is 0 Å². The van der Waals surface area contributed by atoms with Crippen molar-refractivity contribution in [1.82, 2.24) is 5.32 Å². The number of alkyl halides is 1. The smallest absolute Gasteiger partial charge is 0.225 e. The lowest BCUT2D eigenvalue weighted by molar-refractivity contribution is -0.118. The SMILES string of the molecule is O=C([CH]CCl)NC1CCCCC1. The Balaban J connectivity index is 2.15. The second-order valence-electron chi connectivity index (χ2n) is 3.20. The van der Waals surface area contributed by atoms with Crippen LogP contribution in [-0.4, -0.2) is 17.8 Å². The van der Waals surface area contributed by atoms with Crippen LogP contribution < -0.4 is 5.32 Å². The third-order valence-corrected chi connectivity index (χ3v) is 2.37. The first-order chi connectivity index (χ1) is 5.83. The molecule has 0 aromatic heterocycles. The Morgan fingerprint density at radius 3 is 2.67 bits per heavy atom. The lowest BCUT2D eigenvalue weighted by Crippen LogP contribution is -2.36. The summed E-state index contributed by atoms with van der Waals surface area (Å²) < 4.78 is 0. The van der Waals surface area contributed by atoms with Gasteiger partial charge >= 0.3 is 0 Å². The number of carbonyl (C=O) groups is 1. The van der Waals surface area contributed by atoms with Crippen LogP contribution >= 0.6 is 11.6 Å². The molecule has 1 saturated carbocycles. The summed E-state index contributed by atoms with van der Waals surface area (Å²) in [5.41, 5.74) is 0. The molecule has 0 aromatic carbocycles. The van der Waals surface area contributed by atoms with Crippen molar-refractivity contribution >= 4 is 17.5 Å². The number of rotatable bonds is 3. The van der Waals surface area contributed by atoms with Crippen molar-refractivity contribution in [2.45, 2.75) is 38.1 Å². The van der Waals surface area contributed by atoms with E-state index in [1.807, 2.05) is 0 Å². The first kappa shape index (κ1) is 9.85. The largest absolute Gasteiger partial charge is 0.353 e. The lowest BCUT2D eigenvalue weighted by atomic mass is 9.95. The van der Waals surface area contributed by atoms with E-state index in [0.29, 0.717) is 11.9 Å². The molecule has 1 fully saturated rings. The molecule has 1 N–H and O–H groups in total. The summed E-state index contributed by atoms with van der Waals surface area (Å²) in [6, 6.07) is 0.394. The van der Waals surface area contributed by atoms with E-state index < -0.39 is 0 Å². The minimum atomic E-state index is -0.0168. The van der Waals surface area contributed by atoms with E-state index in [2.05, 4.69) is 5.32 Å². The Labute approximate surface area is 78.7 Å². The van der Waals surface area contributed by atoms with E-state index in [9.17, 15) is 4.79 Å². The highest BCUT2D eigenvalue weighted by Gasteiger charge is 2.14. The molecule has 0 heterocycles. The maximum Gasteiger partial charge on any atom is 0.225 e. The molecule has 0 spiro atoms. The van der Waals surface area contributed by atoms with Gasteiger partial charge in [0.05, 0.1) is 6.42 Å². The first-order valence-corrected chi connectivity index (χ1v) is 5.06. The second-order valence-corrected chi connectivity index (χ2v) is 3.51. The van der Waals surface area contributed by atoms with Crippen LogP contribution in [0.2, 0.25) is 0 Å². The van der Waals surface area contributed by atoms with Gasteiger partial charge in [-0.05, 0) is 12.8 Å². The molecule has 0 atom stereocenters. The van der Waals surface area contributed by atoms with Crippen LogP contribution in [0.15, 0.2) is 0 Å². The van der Waals surface area contributed by atoms with Gasteiger partial charge in [0.25, 0.3) is 0 Å². The fraction of sp³-hybridized carbons (Fsp3) is 0.778. The molecule has 0 saturated heterocycles. The highest BCUT2D eigenvalue weighted by atomic mass is 35.5. The van der Waals surface area contributed by atoms with Crippen LogP contribution in [0.5, 0.6) is 0 Å². The van der Waals surface area contributed by atoms with Crippen molar-refractivity contribution in [2.75, 3.05) is 5.88 Å². The van der Waals surface area contributed by atoms with Crippen LogP contribution in [0.4, 0.5) is 0 Å². The van der Waals surface area contributed by atoms with Gasteiger partial charge in [0.1, 0.15) is 0 Å². The number of halogens is 1. The molecule has 1 aliphatic rings. The molecule has 12 heavy (non-hydrogen) atoms. The van der Waals surface area contributed by atoms with Crippen LogP contribution in [-0.2, 0) is 4.79 Å². The molecule has 1 aliphatic carbocycles. The van der Waals surface area contributed by atoms with Gasteiger partial charge in [-0.15, -0.1) is 11.6 Å². The predicted molar refractivity (Wildman–Crippen MR) is 50.0 cm³/mol. The standard InChI is InChI=1S/C9H15ClNO/c10-7-6-9(12)11-8-4-2-1-3-5-8/h6,8H,1-5,7H2,(H,11,12). The molecular weight excluding hydrogens is 174 g/mol. The van der Waals surface area contributed by atoms with Gasteiger partial charge in [0, 0.05) is 11.9 Å². The summed E-state index contributed by atoms with van der Waals surface area (Å²) >= 11 is 5.40. The molecular formula is C9H15ClNO. The summed E-state index contributed by atoms with van der Waals surface area (Å²) in [6.45, 7) is 0. The number of amides is 1. The molecule has 1 amide bonds. The topological polar surface area (TPSA) is 29.1 Å². The zero-order valence-electron chi connectivity index (χ0n) is 7.18. The second kappa shape index (κ2) is 5.41. The van der Waals surface area contributed by atoms with E-state index in [0.717, 1.165) is 12.8 Å². The van der Waals surface area contributed by atoms with Gasteiger partial charge in [0.2, 0.25) is 5.91 Å². The van der Waals surface area contributed by atoms with Gasteiger partial charge in [-0.1, -0.05) is 19.3 Å². The van der Waals surface area contributed by atoms with Gasteiger partial charge < -0.3 is 5.32 Å². The lowest BCUT2D eigenvalue weighted by Gasteiger charge is -2.22. The minimum absolute atomic E-state index is 0.0168. The van der Waals surface area contributed by atoms with Crippen molar-refractivity contribution in [3.8, 4) is 0 Å². The van der Waals surface area contributed by atoms with E-state index in [1.165, 1.54) is 25.7 Å². The number of nitrogens with one attached hydrogen (secondary N) is 1. The molecule has 1 rings (SSSR count). The van der Waals surface area contributed by atoms with Crippen molar-refractivity contribution in [2.24, 2.45) is 0 Å². The highest BCUT2D eigenvalue weighted by Crippen LogP contribution is 2.17. The fourth-order valence-electron chi connectivity index (χ4n) is 1.58. The average molecular weight is 189 g/mol. The van der Waals surface area contributed by atoms with Crippen molar-refractivity contribution < 1.29 is 4.79 Å². The Bertz CT molecular complexity index is 143. The highest BCUT2D eigenvalue weighted by molar-refractivity contribution is 6.20. The van der Waals surface area contributed by atoms with Crippen LogP contribution in [0.1, 0.15) is 32.1 Å². The molecule has 1 radical (unpaired) electrons. The molecule has 2 nitrogen and oxygen atoms in total. The predicted octanol–water partition coefficient (Wildman–Crippen LogP) is 1.88. The van der Waals surface area contributed by atoms with Crippen molar-refractivity contribution in [1.29, 1.82) is 0 Å². The van der Waals surface area contributed by atoms with E-state index in [1.54, 1.807) is 0 Å². The Morgan fingerprint density at radius 1 is 1.42 bits per heavy atom. The molecule has 0 aromatic rings. The van der Waals surface area contributed by atoms with E-state index in [4.69, 9.17) is 11.6 Å².